The van der Waals surface area contributed by atoms with E-state index in [9.17, 15) is 24.0 Å². The van der Waals surface area contributed by atoms with E-state index in [0.717, 1.165) is 29.5 Å². The second-order valence-electron chi connectivity index (χ2n) is 10.3. The van der Waals surface area contributed by atoms with Crippen LogP contribution in [0.25, 0.3) is 0 Å². The summed E-state index contributed by atoms with van der Waals surface area (Å²) in [4.78, 5) is 64.0. The van der Waals surface area contributed by atoms with Crippen molar-refractivity contribution >= 4 is 29.5 Å². The van der Waals surface area contributed by atoms with Gasteiger partial charge in [-0.15, -0.1) is 0 Å². The Labute approximate surface area is 221 Å². The number of nitrogens with one attached hydrogen (secondary N) is 3. The van der Waals surface area contributed by atoms with Gasteiger partial charge in [-0.2, -0.15) is 0 Å². The summed E-state index contributed by atoms with van der Waals surface area (Å²) >= 11 is 0. The number of fused-ring (bicyclic) bond motifs is 1. The molecule has 2 aromatic rings. The van der Waals surface area contributed by atoms with Gasteiger partial charge in [0.2, 0.25) is 23.6 Å². The molecule has 2 atom stereocenters. The van der Waals surface area contributed by atoms with Crippen LogP contribution in [0.1, 0.15) is 65.6 Å². The average Bonchev–Trinajstić information content (AvgIpc) is 3.72. The lowest BCUT2D eigenvalue weighted by Crippen LogP contribution is -2.52. The zero-order chi connectivity index (χ0) is 26.6. The van der Waals surface area contributed by atoms with E-state index >= 15 is 0 Å². The number of carbonyl (C=O) groups is 5. The van der Waals surface area contributed by atoms with Gasteiger partial charge in [-0.1, -0.05) is 42.5 Å². The molecule has 2 aromatic carbocycles. The molecule has 2 fully saturated rings. The molecule has 9 nitrogen and oxygen atoms in total. The Bertz CT molecular complexity index is 1260. The number of imide groups is 1. The highest BCUT2D eigenvalue weighted by Gasteiger charge is 2.39. The van der Waals surface area contributed by atoms with Crippen LogP contribution in [0.3, 0.4) is 0 Å². The van der Waals surface area contributed by atoms with Crippen molar-refractivity contribution in [2.24, 2.45) is 5.92 Å². The van der Waals surface area contributed by atoms with Crippen molar-refractivity contribution in [3.63, 3.8) is 0 Å². The molecule has 1 saturated heterocycles. The van der Waals surface area contributed by atoms with Crippen molar-refractivity contribution in [2.75, 3.05) is 0 Å². The van der Waals surface area contributed by atoms with Crippen LogP contribution in [-0.2, 0) is 38.7 Å². The van der Waals surface area contributed by atoms with Crippen molar-refractivity contribution in [3.8, 4) is 0 Å². The molecule has 9 heteroatoms. The molecule has 3 N–H and O–H groups in total. The third-order valence-corrected chi connectivity index (χ3v) is 7.51. The van der Waals surface area contributed by atoms with Gasteiger partial charge in [0.15, 0.2) is 0 Å². The zero-order valence-corrected chi connectivity index (χ0v) is 21.2. The molecule has 198 valence electrons. The molecule has 5 rings (SSSR count). The summed E-state index contributed by atoms with van der Waals surface area (Å²) in [6.45, 7) is 0.704. The first-order chi connectivity index (χ1) is 18.4. The van der Waals surface area contributed by atoms with Gasteiger partial charge < -0.3 is 15.5 Å². The number of aryl methyl sites for hydroxylation is 1. The summed E-state index contributed by atoms with van der Waals surface area (Å²) in [6.07, 6.45) is 3.98. The van der Waals surface area contributed by atoms with Crippen molar-refractivity contribution in [1.82, 2.24) is 20.9 Å². The summed E-state index contributed by atoms with van der Waals surface area (Å²) in [5, 5.41) is 8.21. The van der Waals surface area contributed by atoms with E-state index in [1.165, 1.54) is 0 Å². The standard InChI is InChI=1S/C29H32N4O5/c34-25-15-14-24(28(37)32-25)33-17-22-19(8-4-10-21(22)29(33)38)9-5-11-23(31-26(35)20-12-13-20)27(36)30-16-18-6-2-1-3-7-18/h1-4,6-8,10,20,23-24H,5,9,11-17H2,(H,30,36)(H,31,35)(H,32,34,37)/t23-,24?/m0/s1. The minimum absolute atomic E-state index is 0.00101. The fraction of sp³-hybridized carbons (Fsp3) is 0.414. The highest BCUT2D eigenvalue weighted by molar-refractivity contribution is 6.05. The van der Waals surface area contributed by atoms with Crippen molar-refractivity contribution in [1.29, 1.82) is 0 Å². The van der Waals surface area contributed by atoms with E-state index in [2.05, 4.69) is 16.0 Å². The van der Waals surface area contributed by atoms with Gasteiger partial charge >= 0.3 is 0 Å². The quantitative estimate of drug-likeness (QED) is 0.417. The zero-order valence-electron chi connectivity index (χ0n) is 21.2. The molecule has 3 aliphatic rings. The predicted octanol–water partition coefficient (Wildman–Crippen LogP) is 1.98. The largest absolute Gasteiger partial charge is 0.350 e. The van der Waals surface area contributed by atoms with Gasteiger partial charge in [-0.3, -0.25) is 29.3 Å². The van der Waals surface area contributed by atoms with Crippen LogP contribution in [0.5, 0.6) is 0 Å². The van der Waals surface area contributed by atoms with E-state index in [1.807, 2.05) is 42.5 Å². The second-order valence-corrected chi connectivity index (χ2v) is 10.3. The summed E-state index contributed by atoms with van der Waals surface area (Å²) < 4.78 is 0. The van der Waals surface area contributed by atoms with Crippen molar-refractivity contribution in [2.45, 2.75) is 70.1 Å². The van der Waals surface area contributed by atoms with E-state index in [-0.39, 0.29) is 36.0 Å². The maximum Gasteiger partial charge on any atom is 0.255 e. The molecule has 2 heterocycles. The normalized spacial score (nSPS) is 19.5. The number of piperidine rings is 1. The number of hydrogen-bond donors (Lipinski definition) is 3. The molecule has 1 saturated carbocycles. The highest BCUT2D eigenvalue weighted by Crippen LogP contribution is 2.31. The third-order valence-electron chi connectivity index (χ3n) is 7.51. The van der Waals surface area contributed by atoms with Crippen LogP contribution in [0.2, 0.25) is 0 Å². The molecule has 0 radical (unpaired) electrons. The predicted molar refractivity (Wildman–Crippen MR) is 138 cm³/mol. The highest BCUT2D eigenvalue weighted by atomic mass is 16.2. The van der Waals surface area contributed by atoms with Crippen molar-refractivity contribution < 1.29 is 24.0 Å². The number of benzene rings is 2. The number of hydrogen-bond acceptors (Lipinski definition) is 5. The molecule has 0 bridgehead atoms. The van der Waals surface area contributed by atoms with Crippen LogP contribution in [-0.4, -0.2) is 46.5 Å². The lowest BCUT2D eigenvalue weighted by atomic mass is 9.97. The fourth-order valence-corrected chi connectivity index (χ4v) is 5.19. The molecule has 5 amide bonds. The Morgan fingerprint density at radius 2 is 1.79 bits per heavy atom. The Morgan fingerprint density at radius 1 is 1.00 bits per heavy atom. The van der Waals surface area contributed by atoms with Gasteiger partial charge in [0.05, 0.1) is 0 Å². The first-order valence-electron chi connectivity index (χ1n) is 13.3. The van der Waals surface area contributed by atoms with E-state index in [1.54, 1.807) is 11.0 Å². The van der Waals surface area contributed by atoms with Crippen LogP contribution in [0.4, 0.5) is 0 Å². The average molecular weight is 517 g/mol. The van der Waals surface area contributed by atoms with Gasteiger partial charge in [-0.05, 0) is 61.3 Å². The minimum Gasteiger partial charge on any atom is -0.350 e. The Morgan fingerprint density at radius 3 is 2.53 bits per heavy atom. The maximum absolute atomic E-state index is 13.1. The lowest BCUT2D eigenvalue weighted by molar-refractivity contribution is -0.137. The van der Waals surface area contributed by atoms with E-state index in [4.69, 9.17) is 0 Å². The van der Waals surface area contributed by atoms with Crippen LogP contribution in [0.15, 0.2) is 48.5 Å². The Hall–Kier alpha value is -4.01. The Kier molecular flexibility index (Phi) is 7.53. The second kappa shape index (κ2) is 11.2. The summed E-state index contributed by atoms with van der Waals surface area (Å²) in [7, 11) is 0. The minimum atomic E-state index is -0.657. The van der Waals surface area contributed by atoms with Gasteiger partial charge in [0.25, 0.3) is 5.91 Å². The summed E-state index contributed by atoms with van der Waals surface area (Å²) in [6, 6.07) is 13.9. The number of amides is 5. The fourth-order valence-electron chi connectivity index (χ4n) is 5.19. The topological polar surface area (TPSA) is 125 Å². The van der Waals surface area contributed by atoms with E-state index < -0.39 is 18.0 Å². The van der Waals surface area contributed by atoms with Crippen LogP contribution < -0.4 is 16.0 Å². The van der Waals surface area contributed by atoms with E-state index in [0.29, 0.717) is 44.3 Å². The van der Waals surface area contributed by atoms with Crippen molar-refractivity contribution in [3.05, 3.63) is 70.8 Å². The van der Waals surface area contributed by atoms with Crippen LogP contribution in [0, 0.1) is 5.92 Å². The first-order valence-corrected chi connectivity index (χ1v) is 13.3. The molecule has 1 aliphatic carbocycles. The number of rotatable bonds is 10. The maximum atomic E-state index is 13.1. The molecular weight excluding hydrogens is 484 g/mol. The molecule has 0 spiro atoms. The molecule has 2 aliphatic heterocycles. The monoisotopic (exact) mass is 516 g/mol. The lowest BCUT2D eigenvalue weighted by Gasteiger charge is -2.29. The van der Waals surface area contributed by atoms with Gasteiger partial charge in [0, 0.05) is 31.0 Å². The molecule has 0 aromatic heterocycles. The number of nitrogens with zero attached hydrogens (tertiary/aromatic N) is 1. The van der Waals surface area contributed by atoms with Crippen LogP contribution >= 0.6 is 0 Å². The SMILES string of the molecule is O=C1CCC(N2Cc3c(CCC[C@H](NC(=O)C4CC4)C(=O)NCc4ccccc4)cccc3C2=O)C(=O)N1. The Balaban J connectivity index is 1.22. The summed E-state index contributed by atoms with van der Waals surface area (Å²) in [5.41, 5.74) is 3.43. The smallest absolute Gasteiger partial charge is 0.255 e. The molecule has 1 unspecified atom stereocenters. The third kappa shape index (κ3) is 5.77. The molecular formula is C29H32N4O5. The summed E-state index contributed by atoms with van der Waals surface area (Å²) in [5.74, 6) is -1.23. The van der Waals surface area contributed by atoms with Gasteiger partial charge in [0.1, 0.15) is 12.1 Å². The van der Waals surface area contributed by atoms with Gasteiger partial charge in [-0.25, -0.2) is 0 Å². The first kappa shape index (κ1) is 25.6. The number of carbonyl (C=O) groups excluding carboxylic acids is 5. The molecule has 38 heavy (non-hydrogen) atoms.